The van der Waals surface area contributed by atoms with Gasteiger partial charge in [0.1, 0.15) is 5.75 Å². The van der Waals surface area contributed by atoms with Crippen LogP contribution in [0.2, 0.25) is 0 Å². The molecular formula is C15H15N2O4S-. The van der Waals surface area contributed by atoms with Gasteiger partial charge in [0.25, 0.3) is 5.91 Å². The first-order chi connectivity index (χ1) is 10.5. The van der Waals surface area contributed by atoms with E-state index in [1.165, 1.54) is 7.11 Å². The minimum atomic E-state index is -2.20. The summed E-state index contributed by atoms with van der Waals surface area (Å²) < 4.78 is 26.7. The second-order valence-electron chi connectivity index (χ2n) is 4.56. The molecule has 0 radical (unpaired) electrons. The zero-order valence-electron chi connectivity index (χ0n) is 11.9. The van der Waals surface area contributed by atoms with Crippen LogP contribution in [0.25, 0.3) is 0 Å². The third-order valence-electron chi connectivity index (χ3n) is 2.97. The lowest BCUT2D eigenvalue weighted by atomic mass is 10.1. The van der Waals surface area contributed by atoms with Gasteiger partial charge in [-0.05, 0) is 42.0 Å². The van der Waals surface area contributed by atoms with E-state index in [9.17, 15) is 13.6 Å². The Bertz CT molecular complexity index is 701. The van der Waals surface area contributed by atoms with Crippen molar-refractivity contribution >= 4 is 28.4 Å². The Morgan fingerprint density at radius 1 is 1.27 bits per heavy atom. The number of carbonyl (C=O) groups is 1. The number of amides is 1. The number of carbonyl (C=O) groups excluding carboxylic acids is 1. The summed E-state index contributed by atoms with van der Waals surface area (Å²) >= 11 is -2.20. The highest BCUT2D eigenvalue weighted by molar-refractivity contribution is 7.78. The molecule has 0 spiro atoms. The molecule has 1 atom stereocenters. The van der Waals surface area contributed by atoms with Crippen molar-refractivity contribution in [1.82, 2.24) is 0 Å². The van der Waals surface area contributed by atoms with Crippen molar-refractivity contribution in [3.8, 4) is 5.75 Å². The lowest BCUT2D eigenvalue weighted by molar-refractivity contribution is 0.102. The van der Waals surface area contributed by atoms with E-state index in [0.717, 1.165) is 0 Å². The minimum Gasteiger partial charge on any atom is -0.772 e. The number of hydrogen-bond donors (Lipinski definition) is 2. The summed E-state index contributed by atoms with van der Waals surface area (Å²) in [6, 6.07) is 11.3. The van der Waals surface area contributed by atoms with Gasteiger partial charge < -0.3 is 20.3 Å². The van der Waals surface area contributed by atoms with Crippen molar-refractivity contribution in [3.63, 3.8) is 0 Å². The van der Waals surface area contributed by atoms with Crippen LogP contribution in [0.4, 0.5) is 11.4 Å². The van der Waals surface area contributed by atoms with Crippen LogP contribution in [-0.4, -0.2) is 21.8 Å². The van der Waals surface area contributed by atoms with Gasteiger partial charge in [-0.15, -0.1) is 0 Å². The largest absolute Gasteiger partial charge is 0.772 e. The van der Waals surface area contributed by atoms with Crippen LogP contribution in [0, 0.1) is 0 Å². The van der Waals surface area contributed by atoms with Gasteiger partial charge in [-0.3, -0.25) is 9.00 Å². The molecule has 0 bridgehead atoms. The molecule has 0 saturated carbocycles. The Kier molecular flexibility index (Phi) is 5.13. The molecule has 116 valence electrons. The fourth-order valence-corrected chi connectivity index (χ4v) is 2.36. The monoisotopic (exact) mass is 319 g/mol. The highest BCUT2D eigenvalue weighted by Crippen LogP contribution is 2.26. The third kappa shape index (κ3) is 4.06. The summed E-state index contributed by atoms with van der Waals surface area (Å²) in [7, 11) is 1.47. The molecule has 0 saturated heterocycles. The molecule has 2 aromatic rings. The number of nitrogen functional groups attached to an aromatic ring is 1. The number of ether oxygens (including phenoxy) is 1. The molecule has 1 unspecified atom stereocenters. The first kappa shape index (κ1) is 16.0. The lowest BCUT2D eigenvalue weighted by Crippen LogP contribution is -2.13. The maximum Gasteiger partial charge on any atom is 0.255 e. The van der Waals surface area contributed by atoms with Gasteiger partial charge in [0, 0.05) is 17.0 Å². The van der Waals surface area contributed by atoms with Gasteiger partial charge in [0.05, 0.1) is 12.8 Å². The first-order valence-corrected chi connectivity index (χ1v) is 7.63. The van der Waals surface area contributed by atoms with Crippen molar-refractivity contribution in [1.29, 1.82) is 0 Å². The summed E-state index contributed by atoms with van der Waals surface area (Å²) in [5.74, 6) is -0.0164. The van der Waals surface area contributed by atoms with Crippen LogP contribution in [0.15, 0.2) is 42.5 Å². The Morgan fingerprint density at radius 3 is 2.55 bits per heavy atom. The Hall–Kier alpha value is -2.38. The topological polar surface area (TPSA) is 104 Å². The average Bonchev–Trinajstić information content (AvgIpc) is 2.47. The zero-order chi connectivity index (χ0) is 16.1. The van der Waals surface area contributed by atoms with E-state index >= 15 is 0 Å². The van der Waals surface area contributed by atoms with E-state index in [1.807, 2.05) is 0 Å². The number of rotatable bonds is 5. The molecule has 1 amide bonds. The molecule has 6 nitrogen and oxygen atoms in total. The van der Waals surface area contributed by atoms with Crippen LogP contribution >= 0.6 is 0 Å². The third-order valence-corrected chi connectivity index (χ3v) is 3.54. The molecule has 7 heteroatoms. The predicted octanol–water partition coefficient (Wildman–Crippen LogP) is 1.91. The number of anilines is 2. The highest BCUT2D eigenvalue weighted by atomic mass is 32.2. The van der Waals surface area contributed by atoms with Gasteiger partial charge in [0.15, 0.2) is 0 Å². The molecule has 0 aliphatic carbocycles. The minimum absolute atomic E-state index is 0.130. The molecular weight excluding hydrogens is 304 g/mol. The molecule has 0 aliphatic heterocycles. The van der Waals surface area contributed by atoms with E-state index in [0.29, 0.717) is 28.3 Å². The Balaban J connectivity index is 2.24. The van der Waals surface area contributed by atoms with Crippen molar-refractivity contribution in [2.45, 2.75) is 5.75 Å². The number of hydrogen-bond acceptors (Lipinski definition) is 5. The predicted molar refractivity (Wildman–Crippen MR) is 84.4 cm³/mol. The van der Waals surface area contributed by atoms with E-state index < -0.39 is 11.1 Å². The molecule has 0 fully saturated rings. The second-order valence-corrected chi connectivity index (χ2v) is 5.46. The number of methoxy groups -OCH3 is 1. The van der Waals surface area contributed by atoms with E-state index in [1.54, 1.807) is 42.5 Å². The quantitative estimate of drug-likeness (QED) is 0.647. The fraction of sp³-hybridized carbons (Fsp3) is 0.133. The molecule has 3 N–H and O–H groups in total. The number of benzene rings is 2. The van der Waals surface area contributed by atoms with Crippen LogP contribution in [0.3, 0.4) is 0 Å². The highest BCUT2D eigenvalue weighted by Gasteiger charge is 2.10. The summed E-state index contributed by atoms with van der Waals surface area (Å²) in [4.78, 5) is 12.2. The molecule has 0 aromatic heterocycles. The van der Waals surface area contributed by atoms with Crippen LogP contribution < -0.4 is 15.8 Å². The lowest BCUT2D eigenvalue weighted by Gasteiger charge is -2.13. The zero-order valence-corrected chi connectivity index (χ0v) is 12.7. The number of nitrogens with two attached hydrogens (primary N) is 1. The summed E-state index contributed by atoms with van der Waals surface area (Å²) in [6.45, 7) is 0. The molecule has 2 rings (SSSR count). The number of nitrogens with one attached hydrogen (secondary N) is 1. The molecule has 22 heavy (non-hydrogen) atoms. The Labute approximate surface area is 130 Å². The molecule has 0 aliphatic rings. The molecule has 0 heterocycles. The second kappa shape index (κ2) is 7.06. The van der Waals surface area contributed by atoms with Crippen LogP contribution in [0.1, 0.15) is 15.9 Å². The SMILES string of the molecule is COc1ccc(CS(=O)[O-])cc1NC(=O)c1ccc(N)cc1. The summed E-state index contributed by atoms with van der Waals surface area (Å²) in [5, 5.41) is 2.71. The standard InChI is InChI=1S/C15H16N2O4S/c1-21-14-7-2-10(9-22(19)20)8-13(14)17-15(18)11-3-5-12(16)6-4-11/h2-8H,9,16H2,1H3,(H,17,18)(H,19,20)/p-1. The van der Waals surface area contributed by atoms with E-state index in [2.05, 4.69) is 5.32 Å². The normalized spacial score (nSPS) is 11.7. The van der Waals surface area contributed by atoms with Gasteiger partial charge in [-0.2, -0.15) is 0 Å². The van der Waals surface area contributed by atoms with Crippen LogP contribution in [0.5, 0.6) is 5.75 Å². The van der Waals surface area contributed by atoms with E-state index in [-0.39, 0.29) is 11.7 Å². The van der Waals surface area contributed by atoms with E-state index in [4.69, 9.17) is 10.5 Å². The van der Waals surface area contributed by atoms with Crippen molar-refractivity contribution in [3.05, 3.63) is 53.6 Å². The van der Waals surface area contributed by atoms with Crippen LogP contribution in [-0.2, 0) is 16.8 Å². The maximum atomic E-state index is 12.2. The summed E-state index contributed by atoms with van der Waals surface area (Å²) in [6.07, 6.45) is 0. The van der Waals surface area contributed by atoms with Gasteiger partial charge in [0.2, 0.25) is 0 Å². The van der Waals surface area contributed by atoms with Crippen molar-refractivity contribution < 1.29 is 18.3 Å². The Morgan fingerprint density at radius 2 is 1.95 bits per heavy atom. The van der Waals surface area contributed by atoms with Gasteiger partial charge in [-0.1, -0.05) is 17.1 Å². The average molecular weight is 319 g/mol. The van der Waals surface area contributed by atoms with Crippen molar-refractivity contribution in [2.24, 2.45) is 0 Å². The molecule has 2 aromatic carbocycles. The van der Waals surface area contributed by atoms with Gasteiger partial charge >= 0.3 is 0 Å². The van der Waals surface area contributed by atoms with Gasteiger partial charge in [-0.25, -0.2) is 0 Å². The smallest absolute Gasteiger partial charge is 0.255 e. The first-order valence-electron chi connectivity index (χ1n) is 6.39. The summed E-state index contributed by atoms with van der Waals surface area (Å²) in [5.41, 5.74) is 7.55. The van der Waals surface area contributed by atoms with Crippen molar-refractivity contribution in [2.75, 3.05) is 18.2 Å². The fourth-order valence-electron chi connectivity index (χ4n) is 1.91. The maximum absolute atomic E-state index is 12.2.